The Morgan fingerprint density at radius 1 is 1.07 bits per heavy atom. The molecule has 0 radical (unpaired) electrons. The SMILES string of the molecule is Cn1c(Nc2c(Cl)ccc(CNC(=O)C3(C)CC3)c2Cl)nc2cc(C(=O)NC3CCCCC3)c(N3CC4CC4C3)cc21. The molecule has 2 amide bonds. The summed E-state index contributed by atoms with van der Waals surface area (Å²) < 4.78 is 1.98. The van der Waals surface area contributed by atoms with Crippen molar-refractivity contribution in [3.05, 3.63) is 45.4 Å². The molecule has 222 valence electrons. The third-order valence-electron chi connectivity index (χ3n) is 9.90. The summed E-state index contributed by atoms with van der Waals surface area (Å²) >= 11 is 13.4. The normalized spacial score (nSPS) is 22.6. The maximum atomic E-state index is 13.7. The van der Waals surface area contributed by atoms with Crippen LogP contribution in [-0.2, 0) is 18.4 Å². The van der Waals surface area contributed by atoms with Crippen LogP contribution in [0.25, 0.3) is 11.0 Å². The minimum absolute atomic E-state index is 0.0135. The van der Waals surface area contributed by atoms with Crippen molar-refractivity contribution in [3.8, 4) is 0 Å². The molecule has 7 rings (SSSR count). The van der Waals surface area contributed by atoms with Gasteiger partial charge in [0.05, 0.1) is 38.0 Å². The lowest BCUT2D eigenvalue weighted by Gasteiger charge is -2.26. The highest BCUT2D eigenvalue weighted by Crippen LogP contribution is 2.48. The van der Waals surface area contributed by atoms with E-state index in [-0.39, 0.29) is 23.3 Å². The van der Waals surface area contributed by atoms with Crippen molar-refractivity contribution in [2.24, 2.45) is 24.3 Å². The standard InChI is InChI=1S/C32H38Cl2N6O2/c1-32(10-11-32)30(42)35-15-18-8-9-23(33)28(27(18)34)38-31-37-24-13-22(29(41)36-21-6-4-3-5-7-21)25(14-26(24)39(31)2)40-16-19-12-20(19)17-40/h8-9,13-14,19-21H,3-7,10-12,15-17H2,1-2H3,(H,35,42)(H,36,41)(H,37,38). The fourth-order valence-electron chi connectivity index (χ4n) is 6.65. The second-order valence-corrected chi connectivity index (χ2v) is 13.9. The molecule has 4 fully saturated rings. The summed E-state index contributed by atoms with van der Waals surface area (Å²) in [6.07, 6.45) is 8.78. The molecule has 0 bridgehead atoms. The van der Waals surface area contributed by atoms with Gasteiger partial charge in [0.1, 0.15) is 0 Å². The second kappa shape index (κ2) is 10.6. The van der Waals surface area contributed by atoms with E-state index in [0.29, 0.717) is 33.8 Å². The molecule has 3 saturated carbocycles. The van der Waals surface area contributed by atoms with Gasteiger partial charge in [0.2, 0.25) is 11.9 Å². The lowest BCUT2D eigenvalue weighted by atomic mass is 9.95. The summed E-state index contributed by atoms with van der Waals surface area (Å²) in [7, 11) is 1.95. The van der Waals surface area contributed by atoms with Gasteiger partial charge in [0.25, 0.3) is 5.91 Å². The number of nitrogens with zero attached hydrogens (tertiary/aromatic N) is 3. The zero-order valence-electron chi connectivity index (χ0n) is 24.2. The van der Waals surface area contributed by atoms with Crippen molar-refractivity contribution in [1.29, 1.82) is 0 Å². The van der Waals surface area contributed by atoms with Crippen molar-refractivity contribution >= 4 is 63.4 Å². The Balaban J connectivity index is 1.18. The molecule has 2 unspecified atom stereocenters. The van der Waals surface area contributed by atoms with E-state index in [9.17, 15) is 9.59 Å². The maximum absolute atomic E-state index is 13.7. The van der Waals surface area contributed by atoms with Gasteiger partial charge in [0, 0.05) is 38.1 Å². The number of amides is 2. The molecule has 2 atom stereocenters. The van der Waals surface area contributed by atoms with E-state index in [2.05, 4.69) is 26.9 Å². The van der Waals surface area contributed by atoms with Gasteiger partial charge >= 0.3 is 0 Å². The molecule has 3 aliphatic carbocycles. The monoisotopic (exact) mass is 608 g/mol. The number of imidazole rings is 1. The minimum atomic E-state index is -0.256. The first-order chi connectivity index (χ1) is 20.2. The number of halogens is 2. The lowest BCUT2D eigenvalue weighted by Crippen LogP contribution is -2.37. The number of fused-ring (bicyclic) bond motifs is 2. The first kappa shape index (κ1) is 27.8. The molecule has 3 N–H and O–H groups in total. The summed E-state index contributed by atoms with van der Waals surface area (Å²) in [6.45, 7) is 4.29. The van der Waals surface area contributed by atoms with Crippen molar-refractivity contribution in [2.45, 2.75) is 70.9 Å². The van der Waals surface area contributed by atoms with Gasteiger partial charge in [-0.25, -0.2) is 4.98 Å². The summed E-state index contributed by atoms with van der Waals surface area (Å²) in [5.41, 5.74) is 4.39. The summed E-state index contributed by atoms with van der Waals surface area (Å²) in [6, 6.07) is 7.90. The van der Waals surface area contributed by atoms with E-state index in [1.807, 2.05) is 30.7 Å². The van der Waals surface area contributed by atoms with Gasteiger partial charge < -0.3 is 25.4 Å². The molecule has 10 heteroatoms. The van der Waals surface area contributed by atoms with E-state index in [4.69, 9.17) is 28.2 Å². The van der Waals surface area contributed by atoms with E-state index in [1.165, 1.54) is 25.7 Å². The van der Waals surface area contributed by atoms with Gasteiger partial charge in [-0.15, -0.1) is 0 Å². The van der Waals surface area contributed by atoms with E-state index < -0.39 is 0 Å². The van der Waals surface area contributed by atoms with Crippen molar-refractivity contribution in [2.75, 3.05) is 23.3 Å². The van der Waals surface area contributed by atoms with Crippen LogP contribution in [-0.4, -0.2) is 40.5 Å². The first-order valence-corrected chi connectivity index (χ1v) is 16.0. The highest BCUT2D eigenvalue weighted by molar-refractivity contribution is 6.39. The van der Waals surface area contributed by atoms with Crippen LogP contribution in [0.5, 0.6) is 0 Å². The predicted octanol–water partition coefficient (Wildman–Crippen LogP) is 6.56. The van der Waals surface area contributed by atoms with Crippen LogP contribution in [0.3, 0.4) is 0 Å². The molecule has 42 heavy (non-hydrogen) atoms. The molecular weight excluding hydrogens is 571 g/mol. The second-order valence-electron chi connectivity index (χ2n) is 13.1. The van der Waals surface area contributed by atoms with Crippen LogP contribution in [0.2, 0.25) is 10.0 Å². The molecule has 8 nitrogen and oxygen atoms in total. The van der Waals surface area contributed by atoms with Crippen LogP contribution in [0, 0.1) is 17.3 Å². The Morgan fingerprint density at radius 2 is 1.81 bits per heavy atom. The number of carbonyl (C=O) groups is 2. The zero-order chi connectivity index (χ0) is 29.2. The summed E-state index contributed by atoms with van der Waals surface area (Å²) in [4.78, 5) is 33.4. The number of hydrogen-bond donors (Lipinski definition) is 3. The van der Waals surface area contributed by atoms with Crippen molar-refractivity contribution in [1.82, 2.24) is 20.2 Å². The largest absolute Gasteiger partial charge is 0.370 e. The van der Waals surface area contributed by atoms with Gasteiger partial charge in [-0.3, -0.25) is 9.59 Å². The van der Waals surface area contributed by atoms with Gasteiger partial charge in [-0.05, 0) is 67.7 Å². The zero-order valence-corrected chi connectivity index (χ0v) is 25.7. The smallest absolute Gasteiger partial charge is 0.253 e. The topological polar surface area (TPSA) is 91.3 Å². The maximum Gasteiger partial charge on any atom is 0.253 e. The number of hydrogen-bond acceptors (Lipinski definition) is 5. The van der Waals surface area contributed by atoms with Crippen LogP contribution < -0.4 is 20.9 Å². The Kier molecular flexibility index (Phi) is 7.05. The Hall–Kier alpha value is -2.97. The fourth-order valence-corrected chi connectivity index (χ4v) is 7.18. The van der Waals surface area contributed by atoms with Gasteiger partial charge in [-0.2, -0.15) is 0 Å². The number of benzene rings is 2. The van der Waals surface area contributed by atoms with Gasteiger partial charge in [0.15, 0.2) is 0 Å². The molecular formula is C32H38Cl2N6O2. The number of piperidine rings is 1. The van der Waals surface area contributed by atoms with Crippen LogP contribution >= 0.6 is 23.2 Å². The Labute approximate surface area is 256 Å². The Bertz CT molecular complexity index is 1560. The fraction of sp³-hybridized carbons (Fsp3) is 0.531. The number of rotatable bonds is 8. The van der Waals surface area contributed by atoms with E-state index in [1.54, 1.807) is 6.07 Å². The first-order valence-electron chi connectivity index (χ1n) is 15.3. The summed E-state index contributed by atoms with van der Waals surface area (Å²) in [5.74, 6) is 2.09. The van der Waals surface area contributed by atoms with E-state index in [0.717, 1.165) is 72.9 Å². The third-order valence-corrected chi connectivity index (χ3v) is 10.6. The number of nitrogens with one attached hydrogen (secondary N) is 3. The van der Waals surface area contributed by atoms with E-state index >= 15 is 0 Å². The molecule has 3 aromatic rings. The van der Waals surface area contributed by atoms with Crippen LogP contribution in [0.4, 0.5) is 17.3 Å². The molecule has 0 spiro atoms. The minimum Gasteiger partial charge on any atom is -0.370 e. The Morgan fingerprint density at radius 3 is 2.52 bits per heavy atom. The number of anilines is 3. The van der Waals surface area contributed by atoms with Crippen LogP contribution in [0.15, 0.2) is 24.3 Å². The molecule has 2 heterocycles. The molecule has 1 aromatic heterocycles. The summed E-state index contributed by atoms with van der Waals surface area (Å²) in [5, 5.41) is 10.6. The third kappa shape index (κ3) is 5.21. The number of aromatic nitrogens is 2. The number of aryl methyl sites for hydroxylation is 1. The lowest BCUT2D eigenvalue weighted by molar-refractivity contribution is -0.125. The molecule has 1 saturated heterocycles. The number of carbonyl (C=O) groups excluding carboxylic acids is 2. The molecule has 2 aromatic carbocycles. The van der Waals surface area contributed by atoms with Crippen molar-refractivity contribution < 1.29 is 9.59 Å². The highest BCUT2D eigenvalue weighted by Gasteiger charge is 2.46. The van der Waals surface area contributed by atoms with Crippen LogP contribution in [0.1, 0.15) is 74.2 Å². The quantitative estimate of drug-likeness (QED) is 0.269. The highest BCUT2D eigenvalue weighted by atomic mass is 35.5. The average molecular weight is 610 g/mol. The average Bonchev–Trinajstić information content (AvgIpc) is 3.86. The predicted molar refractivity (Wildman–Crippen MR) is 168 cm³/mol. The van der Waals surface area contributed by atoms with Crippen molar-refractivity contribution in [3.63, 3.8) is 0 Å². The molecule has 4 aliphatic rings. The molecule has 1 aliphatic heterocycles. The van der Waals surface area contributed by atoms with Gasteiger partial charge in [-0.1, -0.05) is 55.5 Å².